The fourth-order valence-corrected chi connectivity index (χ4v) is 2.80. The Hall–Kier alpha value is -1.44. The minimum absolute atomic E-state index is 0. The van der Waals surface area contributed by atoms with Crippen LogP contribution < -0.4 is 20.1 Å². The van der Waals surface area contributed by atoms with Crippen LogP contribution in [0.25, 0.3) is 0 Å². The molecule has 1 aliphatic carbocycles. The van der Waals surface area contributed by atoms with E-state index in [1.165, 1.54) is 5.56 Å². The highest BCUT2D eigenvalue weighted by atomic mass is 127. The number of nitrogens with zero attached hydrogens (tertiary/aromatic N) is 1. The van der Waals surface area contributed by atoms with Gasteiger partial charge in [-0.2, -0.15) is 0 Å². The first-order valence-electron chi connectivity index (χ1n) is 9.35. The highest BCUT2D eigenvalue weighted by molar-refractivity contribution is 14.0. The Morgan fingerprint density at radius 3 is 2.42 bits per heavy atom. The summed E-state index contributed by atoms with van der Waals surface area (Å²) in [6, 6.07) is 6.60. The van der Waals surface area contributed by atoms with E-state index in [0.717, 1.165) is 49.8 Å². The van der Waals surface area contributed by atoms with Crippen molar-refractivity contribution in [3.05, 3.63) is 35.9 Å². The van der Waals surface area contributed by atoms with Crippen LogP contribution in [0.5, 0.6) is 11.5 Å². The Morgan fingerprint density at radius 2 is 1.77 bits per heavy atom. The molecule has 0 fully saturated rings. The van der Waals surface area contributed by atoms with E-state index in [2.05, 4.69) is 41.8 Å². The minimum Gasteiger partial charge on any atom is -0.490 e. The molecule has 26 heavy (non-hydrogen) atoms. The van der Waals surface area contributed by atoms with Crippen molar-refractivity contribution >= 4 is 29.9 Å². The molecular formula is C20H32IN3O2. The SMILES string of the molecule is CCNC(=NCCc1ccc(OCC)c(OCC)c1)NC1CC=CC1.I. The molecular weight excluding hydrogens is 441 g/mol. The molecule has 1 aromatic carbocycles. The Morgan fingerprint density at radius 1 is 1.08 bits per heavy atom. The highest BCUT2D eigenvalue weighted by Crippen LogP contribution is 2.28. The Bertz CT molecular complexity index is 582. The van der Waals surface area contributed by atoms with Crippen molar-refractivity contribution in [2.24, 2.45) is 4.99 Å². The fraction of sp³-hybridized carbons (Fsp3) is 0.550. The third kappa shape index (κ3) is 7.43. The summed E-state index contributed by atoms with van der Waals surface area (Å²) in [4.78, 5) is 4.70. The maximum Gasteiger partial charge on any atom is 0.191 e. The molecule has 2 rings (SSSR count). The lowest BCUT2D eigenvalue weighted by molar-refractivity contribution is 0.287. The molecule has 6 heteroatoms. The molecule has 0 saturated heterocycles. The Balaban J connectivity index is 0.00000338. The molecule has 0 unspecified atom stereocenters. The molecule has 5 nitrogen and oxygen atoms in total. The number of guanidine groups is 1. The lowest BCUT2D eigenvalue weighted by Gasteiger charge is -2.16. The number of hydrogen-bond acceptors (Lipinski definition) is 3. The summed E-state index contributed by atoms with van der Waals surface area (Å²) in [5.74, 6) is 2.51. The number of rotatable bonds is 9. The van der Waals surface area contributed by atoms with Gasteiger partial charge >= 0.3 is 0 Å². The van der Waals surface area contributed by atoms with Crippen LogP contribution in [-0.2, 0) is 6.42 Å². The lowest BCUT2D eigenvalue weighted by atomic mass is 10.1. The van der Waals surface area contributed by atoms with Crippen molar-refractivity contribution in [2.45, 2.75) is 46.1 Å². The Labute approximate surface area is 174 Å². The van der Waals surface area contributed by atoms with E-state index in [9.17, 15) is 0 Å². The number of halogens is 1. The van der Waals surface area contributed by atoms with E-state index < -0.39 is 0 Å². The zero-order chi connectivity index (χ0) is 17.9. The standard InChI is InChI=1S/C20H31N3O2.HI/c1-4-21-20(23-17-9-7-8-10-17)22-14-13-16-11-12-18(24-5-2)19(15-16)25-6-3;/h7-8,11-12,15,17H,4-6,9-10,13-14H2,1-3H3,(H2,21,22,23);1H. The summed E-state index contributed by atoms with van der Waals surface area (Å²) in [6.07, 6.45) is 7.45. The average molecular weight is 473 g/mol. The van der Waals surface area contributed by atoms with Crippen molar-refractivity contribution in [1.82, 2.24) is 10.6 Å². The lowest BCUT2D eigenvalue weighted by Crippen LogP contribution is -2.42. The van der Waals surface area contributed by atoms with Gasteiger partial charge in [0, 0.05) is 19.1 Å². The highest BCUT2D eigenvalue weighted by Gasteiger charge is 2.11. The summed E-state index contributed by atoms with van der Waals surface area (Å²) in [5.41, 5.74) is 1.20. The van der Waals surface area contributed by atoms with Crippen molar-refractivity contribution < 1.29 is 9.47 Å². The van der Waals surface area contributed by atoms with E-state index in [0.29, 0.717) is 19.3 Å². The molecule has 0 radical (unpaired) electrons. The number of benzene rings is 1. The largest absolute Gasteiger partial charge is 0.490 e. The van der Waals surface area contributed by atoms with E-state index in [-0.39, 0.29) is 24.0 Å². The molecule has 0 aliphatic heterocycles. The maximum atomic E-state index is 5.69. The van der Waals surface area contributed by atoms with Crippen LogP contribution in [0.15, 0.2) is 35.3 Å². The first-order chi connectivity index (χ1) is 12.3. The number of nitrogens with one attached hydrogen (secondary N) is 2. The second-order valence-corrected chi connectivity index (χ2v) is 5.94. The van der Waals surface area contributed by atoms with Crippen LogP contribution >= 0.6 is 24.0 Å². The molecule has 2 N–H and O–H groups in total. The first kappa shape index (κ1) is 22.6. The minimum atomic E-state index is 0. The van der Waals surface area contributed by atoms with E-state index in [1.807, 2.05) is 19.9 Å². The Kier molecular flexibility index (Phi) is 11.2. The van der Waals surface area contributed by atoms with Crippen molar-refractivity contribution in [1.29, 1.82) is 0 Å². The summed E-state index contributed by atoms with van der Waals surface area (Å²) in [7, 11) is 0. The number of hydrogen-bond donors (Lipinski definition) is 2. The molecule has 0 amide bonds. The molecule has 1 aliphatic rings. The van der Waals surface area contributed by atoms with Gasteiger partial charge in [-0.05, 0) is 57.7 Å². The van der Waals surface area contributed by atoms with Gasteiger partial charge in [0.15, 0.2) is 17.5 Å². The zero-order valence-corrected chi connectivity index (χ0v) is 18.4. The van der Waals surface area contributed by atoms with Gasteiger partial charge < -0.3 is 20.1 Å². The summed E-state index contributed by atoms with van der Waals surface area (Å²) >= 11 is 0. The third-order valence-electron chi connectivity index (χ3n) is 3.97. The summed E-state index contributed by atoms with van der Waals surface area (Å²) < 4.78 is 11.3. The van der Waals surface area contributed by atoms with Crippen LogP contribution in [0, 0.1) is 0 Å². The molecule has 0 bridgehead atoms. The monoisotopic (exact) mass is 473 g/mol. The predicted octanol–water partition coefficient (Wildman–Crippen LogP) is 3.92. The second-order valence-electron chi connectivity index (χ2n) is 5.94. The van der Waals surface area contributed by atoms with Gasteiger partial charge in [0.05, 0.1) is 13.2 Å². The third-order valence-corrected chi connectivity index (χ3v) is 3.97. The van der Waals surface area contributed by atoms with Gasteiger partial charge in [-0.1, -0.05) is 18.2 Å². The van der Waals surface area contributed by atoms with Crippen molar-refractivity contribution in [3.8, 4) is 11.5 Å². The summed E-state index contributed by atoms with van der Waals surface area (Å²) in [5, 5.41) is 6.81. The van der Waals surface area contributed by atoms with Gasteiger partial charge in [-0.25, -0.2) is 0 Å². The molecule has 146 valence electrons. The number of ether oxygens (including phenoxy) is 2. The summed E-state index contributed by atoms with van der Waals surface area (Å²) in [6.45, 7) is 8.92. The molecule has 0 atom stereocenters. The molecule has 0 heterocycles. The van der Waals surface area contributed by atoms with Crippen LogP contribution in [0.1, 0.15) is 39.2 Å². The average Bonchev–Trinajstić information content (AvgIpc) is 3.11. The van der Waals surface area contributed by atoms with Crippen molar-refractivity contribution in [3.63, 3.8) is 0 Å². The van der Waals surface area contributed by atoms with Crippen LogP contribution in [0.3, 0.4) is 0 Å². The normalized spacial score (nSPS) is 14.0. The molecule has 0 spiro atoms. The second kappa shape index (κ2) is 12.8. The number of aliphatic imine (C=N–C) groups is 1. The van der Waals surface area contributed by atoms with E-state index >= 15 is 0 Å². The maximum absolute atomic E-state index is 5.69. The van der Waals surface area contributed by atoms with Gasteiger partial charge in [-0.15, -0.1) is 24.0 Å². The van der Waals surface area contributed by atoms with Gasteiger partial charge in [0.2, 0.25) is 0 Å². The predicted molar refractivity (Wildman–Crippen MR) is 119 cm³/mol. The smallest absolute Gasteiger partial charge is 0.191 e. The zero-order valence-electron chi connectivity index (χ0n) is 16.1. The quantitative estimate of drug-likeness (QED) is 0.247. The molecule has 0 saturated carbocycles. The van der Waals surface area contributed by atoms with E-state index in [4.69, 9.17) is 14.5 Å². The van der Waals surface area contributed by atoms with E-state index in [1.54, 1.807) is 0 Å². The van der Waals surface area contributed by atoms with Crippen LogP contribution in [-0.4, -0.2) is 38.3 Å². The fourth-order valence-electron chi connectivity index (χ4n) is 2.80. The molecule has 1 aromatic rings. The van der Waals surface area contributed by atoms with Gasteiger partial charge in [-0.3, -0.25) is 4.99 Å². The first-order valence-corrected chi connectivity index (χ1v) is 9.35. The topological polar surface area (TPSA) is 54.9 Å². The van der Waals surface area contributed by atoms with Gasteiger partial charge in [0.1, 0.15) is 0 Å². The van der Waals surface area contributed by atoms with Crippen LogP contribution in [0.4, 0.5) is 0 Å². The molecule has 0 aromatic heterocycles. The van der Waals surface area contributed by atoms with Crippen molar-refractivity contribution in [2.75, 3.05) is 26.3 Å². The van der Waals surface area contributed by atoms with Gasteiger partial charge in [0.25, 0.3) is 0 Å². The van der Waals surface area contributed by atoms with Crippen LogP contribution in [0.2, 0.25) is 0 Å².